The van der Waals surface area contributed by atoms with Crippen molar-refractivity contribution in [1.29, 1.82) is 0 Å². The summed E-state index contributed by atoms with van der Waals surface area (Å²) in [5.41, 5.74) is 6.99. The number of benzene rings is 2. The molecular formula is C23H28N2. The van der Waals surface area contributed by atoms with Crippen LogP contribution in [0.25, 0.3) is 5.57 Å². The minimum Gasteiger partial charge on any atom is -0.369 e. The Morgan fingerprint density at radius 2 is 1.56 bits per heavy atom. The third kappa shape index (κ3) is 3.36. The van der Waals surface area contributed by atoms with Crippen LogP contribution >= 0.6 is 0 Å². The number of piperazine rings is 1. The van der Waals surface area contributed by atoms with Crippen LogP contribution in [0.1, 0.15) is 37.0 Å². The number of nitrogens with zero attached hydrogens (tertiary/aromatic N) is 2. The van der Waals surface area contributed by atoms with Crippen LogP contribution < -0.4 is 4.90 Å². The molecular weight excluding hydrogens is 304 g/mol. The predicted molar refractivity (Wildman–Crippen MR) is 107 cm³/mol. The van der Waals surface area contributed by atoms with Crippen LogP contribution in [-0.4, -0.2) is 37.1 Å². The van der Waals surface area contributed by atoms with Crippen molar-refractivity contribution in [3.05, 3.63) is 71.3 Å². The first-order valence-electron chi connectivity index (χ1n) is 9.60. The van der Waals surface area contributed by atoms with Gasteiger partial charge in [-0.25, -0.2) is 0 Å². The molecule has 0 saturated carbocycles. The van der Waals surface area contributed by atoms with Crippen molar-refractivity contribution in [3.63, 3.8) is 0 Å². The van der Waals surface area contributed by atoms with Crippen molar-refractivity contribution >= 4 is 11.3 Å². The lowest BCUT2D eigenvalue weighted by atomic mass is 9.87. The number of aryl methyl sites for hydroxylation is 1. The molecule has 4 rings (SSSR count). The van der Waals surface area contributed by atoms with E-state index in [0.29, 0.717) is 6.04 Å². The highest BCUT2D eigenvalue weighted by Gasteiger charge is 2.19. The quantitative estimate of drug-likeness (QED) is 0.811. The average molecular weight is 332 g/mol. The zero-order valence-electron chi connectivity index (χ0n) is 15.4. The normalized spacial score (nSPS) is 18.2. The van der Waals surface area contributed by atoms with E-state index in [2.05, 4.69) is 78.3 Å². The standard InChI is InChI=1S/C23H28N2/c1-18(2)24-14-16-25(17-15-24)21-12-10-20(11-13-21)23-9-5-7-19-6-3-4-8-22(19)23/h3-4,6,8-13,18H,5,7,14-17H2,1-2H3. The highest BCUT2D eigenvalue weighted by atomic mass is 15.3. The monoisotopic (exact) mass is 332 g/mol. The molecule has 0 spiro atoms. The summed E-state index contributed by atoms with van der Waals surface area (Å²) in [6.07, 6.45) is 4.71. The molecule has 1 fully saturated rings. The molecule has 130 valence electrons. The molecule has 1 saturated heterocycles. The lowest BCUT2D eigenvalue weighted by Crippen LogP contribution is -2.48. The second-order valence-corrected chi connectivity index (χ2v) is 7.48. The highest BCUT2D eigenvalue weighted by molar-refractivity contribution is 5.83. The Morgan fingerprint density at radius 3 is 2.28 bits per heavy atom. The fourth-order valence-corrected chi connectivity index (χ4v) is 4.10. The van der Waals surface area contributed by atoms with E-state index in [9.17, 15) is 0 Å². The van der Waals surface area contributed by atoms with E-state index in [-0.39, 0.29) is 0 Å². The molecule has 0 N–H and O–H groups in total. The summed E-state index contributed by atoms with van der Waals surface area (Å²) in [5, 5.41) is 0. The van der Waals surface area contributed by atoms with E-state index in [1.165, 1.54) is 28.0 Å². The van der Waals surface area contributed by atoms with Crippen LogP contribution in [0.5, 0.6) is 0 Å². The molecule has 0 radical (unpaired) electrons. The first-order chi connectivity index (χ1) is 12.2. The molecule has 2 nitrogen and oxygen atoms in total. The zero-order valence-corrected chi connectivity index (χ0v) is 15.4. The Bertz CT molecular complexity index is 750. The lowest BCUT2D eigenvalue weighted by molar-refractivity contribution is 0.209. The number of rotatable bonds is 3. The molecule has 0 amide bonds. The SMILES string of the molecule is CC(C)N1CCN(c2ccc(C3=CCCc4ccccc43)cc2)CC1. The van der Waals surface area contributed by atoms with Gasteiger partial charge in [0.25, 0.3) is 0 Å². The molecule has 0 unspecified atom stereocenters. The minimum absolute atomic E-state index is 0.655. The predicted octanol–water partition coefficient (Wildman–Crippen LogP) is 4.59. The number of hydrogen-bond acceptors (Lipinski definition) is 2. The number of fused-ring (bicyclic) bond motifs is 1. The van der Waals surface area contributed by atoms with E-state index in [1.807, 2.05) is 0 Å². The number of hydrogen-bond donors (Lipinski definition) is 0. The lowest BCUT2D eigenvalue weighted by Gasteiger charge is -2.38. The van der Waals surface area contributed by atoms with Gasteiger partial charge in [0.1, 0.15) is 0 Å². The largest absolute Gasteiger partial charge is 0.369 e. The van der Waals surface area contributed by atoms with Gasteiger partial charge in [-0.2, -0.15) is 0 Å². The van der Waals surface area contributed by atoms with Crippen LogP contribution in [0.15, 0.2) is 54.6 Å². The smallest absolute Gasteiger partial charge is 0.0367 e. The summed E-state index contributed by atoms with van der Waals surface area (Å²) in [7, 11) is 0. The van der Waals surface area contributed by atoms with E-state index in [4.69, 9.17) is 0 Å². The van der Waals surface area contributed by atoms with Gasteiger partial charge in [-0.1, -0.05) is 42.5 Å². The van der Waals surface area contributed by atoms with Gasteiger partial charge in [0.2, 0.25) is 0 Å². The summed E-state index contributed by atoms with van der Waals surface area (Å²) in [6, 6.07) is 18.7. The first kappa shape index (κ1) is 16.4. The highest BCUT2D eigenvalue weighted by Crippen LogP contribution is 2.32. The van der Waals surface area contributed by atoms with Crippen LogP contribution in [0, 0.1) is 0 Å². The van der Waals surface area contributed by atoms with Gasteiger partial charge < -0.3 is 4.90 Å². The molecule has 0 bridgehead atoms. The fourth-order valence-electron chi connectivity index (χ4n) is 4.10. The van der Waals surface area contributed by atoms with Gasteiger partial charge >= 0.3 is 0 Å². The van der Waals surface area contributed by atoms with Gasteiger partial charge in [0.05, 0.1) is 0 Å². The van der Waals surface area contributed by atoms with Crippen molar-refractivity contribution < 1.29 is 0 Å². The van der Waals surface area contributed by atoms with Crippen molar-refractivity contribution in [1.82, 2.24) is 4.90 Å². The summed E-state index contributed by atoms with van der Waals surface area (Å²) in [4.78, 5) is 5.08. The fraction of sp³-hybridized carbons (Fsp3) is 0.391. The number of allylic oxidation sites excluding steroid dienone is 1. The molecule has 1 heterocycles. The third-order valence-electron chi connectivity index (χ3n) is 5.66. The van der Waals surface area contributed by atoms with Gasteiger partial charge in [-0.15, -0.1) is 0 Å². The van der Waals surface area contributed by atoms with E-state index in [0.717, 1.165) is 39.0 Å². The molecule has 1 aliphatic heterocycles. The molecule has 25 heavy (non-hydrogen) atoms. The van der Waals surface area contributed by atoms with Crippen molar-refractivity contribution in [2.75, 3.05) is 31.1 Å². The Hall–Kier alpha value is -2.06. The molecule has 0 aromatic heterocycles. The Kier molecular flexibility index (Phi) is 4.63. The van der Waals surface area contributed by atoms with Crippen LogP contribution in [0.4, 0.5) is 5.69 Å². The molecule has 2 aromatic rings. The van der Waals surface area contributed by atoms with Crippen molar-refractivity contribution in [3.8, 4) is 0 Å². The van der Waals surface area contributed by atoms with Gasteiger partial charge in [0.15, 0.2) is 0 Å². The van der Waals surface area contributed by atoms with E-state index >= 15 is 0 Å². The van der Waals surface area contributed by atoms with Crippen molar-refractivity contribution in [2.45, 2.75) is 32.7 Å². The minimum atomic E-state index is 0.655. The summed E-state index contributed by atoms with van der Waals surface area (Å²) >= 11 is 0. The van der Waals surface area contributed by atoms with E-state index in [1.54, 1.807) is 0 Å². The zero-order chi connectivity index (χ0) is 17.2. The van der Waals surface area contributed by atoms with Crippen LogP contribution in [0.3, 0.4) is 0 Å². The maximum Gasteiger partial charge on any atom is 0.0367 e. The Labute approximate surface area is 151 Å². The topological polar surface area (TPSA) is 6.48 Å². The molecule has 2 aliphatic rings. The maximum absolute atomic E-state index is 2.56. The molecule has 0 atom stereocenters. The molecule has 2 aromatic carbocycles. The van der Waals surface area contributed by atoms with Crippen LogP contribution in [0.2, 0.25) is 0 Å². The van der Waals surface area contributed by atoms with Crippen molar-refractivity contribution in [2.24, 2.45) is 0 Å². The summed E-state index contributed by atoms with van der Waals surface area (Å²) in [6.45, 7) is 9.17. The van der Waals surface area contributed by atoms with Crippen LogP contribution in [-0.2, 0) is 6.42 Å². The molecule has 1 aliphatic carbocycles. The third-order valence-corrected chi connectivity index (χ3v) is 5.66. The number of anilines is 1. The van der Waals surface area contributed by atoms with E-state index < -0.39 is 0 Å². The maximum atomic E-state index is 2.56. The average Bonchev–Trinajstić information content (AvgIpc) is 2.68. The summed E-state index contributed by atoms with van der Waals surface area (Å²) in [5.74, 6) is 0. The second kappa shape index (κ2) is 7.05. The Balaban J connectivity index is 1.51. The van der Waals surface area contributed by atoms with Gasteiger partial charge in [0, 0.05) is 37.9 Å². The van der Waals surface area contributed by atoms with Gasteiger partial charge in [-0.05, 0) is 61.1 Å². The first-order valence-corrected chi connectivity index (χ1v) is 9.60. The Morgan fingerprint density at radius 1 is 0.840 bits per heavy atom. The van der Waals surface area contributed by atoms with Gasteiger partial charge in [-0.3, -0.25) is 4.90 Å². The molecule has 2 heteroatoms. The second-order valence-electron chi connectivity index (χ2n) is 7.48. The summed E-state index contributed by atoms with van der Waals surface area (Å²) < 4.78 is 0.